The summed E-state index contributed by atoms with van der Waals surface area (Å²) in [5.41, 5.74) is 9.45. The van der Waals surface area contributed by atoms with E-state index in [1.165, 1.54) is 10.3 Å². The lowest BCUT2D eigenvalue weighted by atomic mass is 9.97. The molecule has 2 amide bonds. The number of aryl methyl sites for hydroxylation is 1. The van der Waals surface area contributed by atoms with Gasteiger partial charge in [-0.15, -0.1) is 11.3 Å². The van der Waals surface area contributed by atoms with Gasteiger partial charge in [-0.1, -0.05) is 6.07 Å². The third-order valence-corrected chi connectivity index (χ3v) is 6.46. The molecular weight excluding hydrogens is 384 g/mol. The van der Waals surface area contributed by atoms with Crippen LogP contribution in [0.25, 0.3) is 20.8 Å². The first-order valence-electron chi connectivity index (χ1n) is 9.88. The van der Waals surface area contributed by atoms with Crippen LogP contribution in [0.5, 0.6) is 0 Å². The Labute approximate surface area is 173 Å². The Kier molecular flexibility index (Phi) is 5.60. The first kappa shape index (κ1) is 19.5. The number of anilines is 1. The highest BCUT2D eigenvalue weighted by Gasteiger charge is 2.28. The molecule has 0 aliphatic carbocycles. The fraction of sp³-hybridized carbons (Fsp3) is 0.318. The monoisotopic (exact) mass is 409 g/mol. The molecule has 4 rings (SSSR count). The molecular formula is C22H25N4O2S+. The molecule has 2 atom stereocenters. The van der Waals surface area contributed by atoms with E-state index in [1.807, 2.05) is 30.3 Å². The second-order valence-electron chi connectivity index (χ2n) is 7.74. The summed E-state index contributed by atoms with van der Waals surface area (Å²) in [6, 6.07) is 14.0. The Morgan fingerprint density at radius 3 is 2.79 bits per heavy atom. The number of carbonyl (C=O) groups is 2. The van der Waals surface area contributed by atoms with Crippen LogP contribution in [0.3, 0.4) is 0 Å². The molecule has 6 nitrogen and oxygen atoms in total. The third-order valence-electron chi connectivity index (χ3n) is 5.39. The zero-order valence-electron chi connectivity index (χ0n) is 16.4. The summed E-state index contributed by atoms with van der Waals surface area (Å²) < 4.78 is 1.18. The standard InChI is InChI=1S/C22H24N4O2S/c1-14-4-9-18-19(11-14)29-22(25-18)15-5-7-17(8-6-15)24-20(27)13-26-10-2-3-16(12-26)21(23)28/h4-9,11,16H,2-3,10,12-13H2,1H3,(H2,23,28)(H,24,27)/p+1/t16-/m0/s1. The van der Waals surface area contributed by atoms with Crippen LogP contribution in [-0.2, 0) is 9.59 Å². The molecule has 0 bridgehead atoms. The number of carbonyl (C=O) groups excluding carboxylic acids is 2. The Hall–Kier alpha value is -2.77. The predicted octanol–water partition coefficient (Wildman–Crippen LogP) is 1.99. The molecule has 0 spiro atoms. The number of benzene rings is 2. The first-order chi connectivity index (χ1) is 14.0. The number of hydrogen-bond donors (Lipinski definition) is 3. The largest absolute Gasteiger partial charge is 0.369 e. The van der Waals surface area contributed by atoms with Gasteiger partial charge in [0.1, 0.15) is 5.01 Å². The van der Waals surface area contributed by atoms with Gasteiger partial charge in [-0.3, -0.25) is 9.59 Å². The van der Waals surface area contributed by atoms with Crippen molar-refractivity contribution < 1.29 is 14.5 Å². The van der Waals surface area contributed by atoms with Crippen LogP contribution >= 0.6 is 11.3 Å². The Morgan fingerprint density at radius 2 is 2.03 bits per heavy atom. The van der Waals surface area contributed by atoms with Gasteiger partial charge in [0.25, 0.3) is 5.91 Å². The van der Waals surface area contributed by atoms with Crippen LogP contribution in [0.4, 0.5) is 5.69 Å². The summed E-state index contributed by atoms with van der Waals surface area (Å²) in [4.78, 5) is 29.6. The average molecular weight is 410 g/mol. The average Bonchev–Trinajstić information content (AvgIpc) is 3.11. The Morgan fingerprint density at radius 1 is 1.24 bits per heavy atom. The number of likely N-dealkylation sites (tertiary alicyclic amines) is 1. The Balaban J connectivity index is 1.38. The number of hydrogen-bond acceptors (Lipinski definition) is 4. The highest BCUT2D eigenvalue weighted by atomic mass is 32.1. The molecule has 1 fully saturated rings. The molecule has 2 heterocycles. The summed E-state index contributed by atoms with van der Waals surface area (Å²) >= 11 is 1.67. The number of nitrogens with zero attached hydrogens (tertiary/aromatic N) is 1. The van der Waals surface area contributed by atoms with E-state index in [9.17, 15) is 9.59 Å². The lowest BCUT2D eigenvalue weighted by Crippen LogP contribution is -3.14. The second-order valence-corrected chi connectivity index (χ2v) is 8.77. The number of piperidine rings is 1. The normalized spacial score (nSPS) is 19.2. The smallest absolute Gasteiger partial charge is 0.279 e. The molecule has 29 heavy (non-hydrogen) atoms. The topological polar surface area (TPSA) is 89.5 Å². The fourth-order valence-corrected chi connectivity index (χ4v) is 4.91. The molecule has 0 saturated carbocycles. The van der Waals surface area contributed by atoms with Crippen molar-refractivity contribution in [2.45, 2.75) is 19.8 Å². The highest BCUT2D eigenvalue weighted by molar-refractivity contribution is 7.21. The van der Waals surface area contributed by atoms with E-state index in [1.54, 1.807) is 11.3 Å². The van der Waals surface area contributed by atoms with Crippen molar-refractivity contribution in [3.05, 3.63) is 48.0 Å². The molecule has 4 N–H and O–H groups in total. The number of aromatic nitrogens is 1. The number of thiazole rings is 1. The van der Waals surface area contributed by atoms with Crippen molar-refractivity contribution in [1.29, 1.82) is 0 Å². The fourth-order valence-electron chi connectivity index (χ4n) is 3.84. The van der Waals surface area contributed by atoms with E-state index in [0.29, 0.717) is 13.1 Å². The van der Waals surface area contributed by atoms with Crippen molar-refractivity contribution >= 4 is 39.1 Å². The van der Waals surface area contributed by atoms with Crippen molar-refractivity contribution in [3.8, 4) is 10.6 Å². The van der Waals surface area contributed by atoms with Crippen molar-refractivity contribution in [2.24, 2.45) is 11.7 Å². The number of nitrogens with one attached hydrogen (secondary N) is 2. The molecule has 2 aromatic carbocycles. The third kappa shape index (κ3) is 4.63. The van der Waals surface area contributed by atoms with Crippen LogP contribution in [0, 0.1) is 12.8 Å². The molecule has 1 saturated heterocycles. The van der Waals surface area contributed by atoms with E-state index in [-0.39, 0.29) is 17.7 Å². The van der Waals surface area contributed by atoms with Gasteiger partial charge in [-0.2, -0.15) is 0 Å². The zero-order chi connectivity index (χ0) is 20.4. The molecule has 1 aromatic heterocycles. The summed E-state index contributed by atoms with van der Waals surface area (Å²) in [7, 11) is 0. The molecule has 1 aliphatic rings. The van der Waals surface area contributed by atoms with Crippen LogP contribution in [0.2, 0.25) is 0 Å². The van der Waals surface area contributed by atoms with Gasteiger partial charge in [-0.25, -0.2) is 4.98 Å². The van der Waals surface area contributed by atoms with Gasteiger partial charge in [0.2, 0.25) is 5.91 Å². The van der Waals surface area contributed by atoms with Crippen LogP contribution < -0.4 is 16.0 Å². The van der Waals surface area contributed by atoms with Crippen molar-refractivity contribution in [3.63, 3.8) is 0 Å². The van der Waals surface area contributed by atoms with E-state index in [2.05, 4.69) is 24.4 Å². The molecule has 7 heteroatoms. The number of primary amides is 1. The van der Waals surface area contributed by atoms with Crippen molar-refractivity contribution in [2.75, 3.05) is 25.0 Å². The van der Waals surface area contributed by atoms with E-state index in [0.717, 1.165) is 46.1 Å². The lowest BCUT2D eigenvalue weighted by molar-refractivity contribution is -0.899. The minimum absolute atomic E-state index is 0.0478. The lowest BCUT2D eigenvalue weighted by Gasteiger charge is -2.27. The molecule has 1 unspecified atom stereocenters. The second kappa shape index (κ2) is 8.31. The number of quaternary nitrogens is 1. The number of amides is 2. The minimum Gasteiger partial charge on any atom is -0.369 e. The quantitative estimate of drug-likeness (QED) is 0.602. The van der Waals surface area contributed by atoms with Crippen LogP contribution in [-0.4, -0.2) is 36.4 Å². The maximum Gasteiger partial charge on any atom is 0.279 e. The van der Waals surface area contributed by atoms with Gasteiger partial charge < -0.3 is 16.0 Å². The van der Waals surface area contributed by atoms with Crippen molar-refractivity contribution in [1.82, 2.24) is 4.98 Å². The minimum atomic E-state index is -0.261. The van der Waals surface area contributed by atoms with Crippen LogP contribution in [0.15, 0.2) is 42.5 Å². The summed E-state index contributed by atoms with van der Waals surface area (Å²) in [5, 5.41) is 3.92. The zero-order valence-corrected chi connectivity index (χ0v) is 17.2. The molecule has 1 aliphatic heterocycles. The maximum absolute atomic E-state index is 12.4. The van der Waals surface area contributed by atoms with Gasteiger partial charge >= 0.3 is 0 Å². The Bertz CT molecular complexity index is 1040. The highest BCUT2D eigenvalue weighted by Crippen LogP contribution is 2.31. The number of nitrogens with two attached hydrogens (primary N) is 1. The van der Waals surface area contributed by atoms with E-state index >= 15 is 0 Å². The van der Waals surface area contributed by atoms with Gasteiger partial charge in [0.15, 0.2) is 6.54 Å². The summed E-state index contributed by atoms with van der Waals surface area (Å²) in [5.74, 6) is -0.431. The molecule has 0 radical (unpaired) electrons. The van der Waals surface area contributed by atoms with Gasteiger partial charge in [0.05, 0.1) is 29.2 Å². The molecule has 3 aromatic rings. The maximum atomic E-state index is 12.4. The summed E-state index contributed by atoms with van der Waals surface area (Å²) in [6.07, 6.45) is 1.75. The van der Waals surface area contributed by atoms with Gasteiger partial charge in [-0.05, 0) is 61.7 Å². The summed E-state index contributed by atoms with van der Waals surface area (Å²) in [6.45, 7) is 3.96. The van der Waals surface area contributed by atoms with E-state index in [4.69, 9.17) is 10.7 Å². The first-order valence-corrected chi connectivity index (χ1v) is 10.7. The molecule has 150 valence electrons. The number of rotatable bonds is 5. The SMILES string of the molecule is Cc1ccc2nc(-c3ccc(NC(=O)C[NH+]4CCC[C@H](C(N)=O)C4)cc3)sc2c1. The van der Waals surface area contributed by atoms with Crippen LogP contribution in [0.1, 0.15) is 18.4 Å². The van der Waals surface area contributed by atoms with E-state index < -0.39 is 0 Å². The van der Waals surface area contributed by atoms with Gasteiger partial charge in [0, 0.05) is 11.3 Å². The number of fused-ring (bicyclic) bond motifs is 1. The predicted molar refractivity (Wildman–Crippen MR) is 116 cm³/mol.